The molecule has 0 radical (unpaired) electrons. The van der Waals surface area contributed by atoms with E-state index in [0.717, 1.165) is 60.4 Å². The highest BCUT2D eigenvalue weighted by Gasteiger charge is 2.19. The van der Waals surface area contributed by atoms with Gasteiger partial charge < -0.3 is 19.9 Å². The Morgan fingerprint density at radius 2 is 1.75 bits per heavy atom. The lowest BCUT2D eigenvalue weighted by atomic mass is 10.1. The molecule has 3 rings (SSSR count). The minimum atomic E-state index is -0.0771. The van der Waals surface area contributed by atoms with Crippen molar-refractivity contribution < 1.29 is 9.53 Å². The van der Waals surface area contributed by atoms with Crippen LogP contribution < -0.4 is 15.0 Å². The van der Waals surface area contributed by atoms with Gasteiger partial charge in [-0.3, -0.25) is 4.79 Å². The second kappa shape index (κ2) is 8.56. The van der Waals surface area contributed by atoms with Gasteiger partial charge in [-0.25, -0.2) is 9.97 Å². The first-order valence-corrected chi connectivity index (χ1v) is 9.59. The molecule has 0 atom stereocenters. The van der Waals surface area contributed by atoms with E-state index in [0.29, 0.717) is 12.1 Å². The monoisotopic (exact) mass is 383 g/mol. The number of anilines is 2. The van der Waals surface area contributed by atoms with Gasteiger partial charge in [0.1, 0.15) is 5.75 Å². The number of methoxy groups -OCH3 is 1. The fourth-order valence-electron chi connectivity index (χ4n) is 3.45. The molecule has 1 aliphatic heterocycles. The molecule has 7 heteroatoms. The first-order chi connectivity index (χ1) is 13.4. The maximum absolute atomic E-state index is 12.6. The lowest BCUT2D eigenvalue weighted by molar-refractivity contribution is -0.115. The maximum Gasteiger partial charge on any atom is 0.228 e. The number of aromatic nitrogens is 2. The Hall–Kier alpha value is -2.67. The summed E-state index contributed by atoms with van der Waals surface area (Å²) in [4.78, 5) is 26.3. The first-order valence-electron chi connectivity index (χ1n) is 9.59. The molecule has 0 bridgehead atoms. The van der Waals surface area contributed by atoms with Crippen molar-refractivity contribution >= 4 is 17.5 Å². The highest BCUT2D eigenvalue weighted by atomic mass is 16.5. The summed E-state index contributed by atoms with van der Waals surface area (Å²) in [5, 5.41) is 2.99. The number of piperazine rings is 1. The third kappa shape index (κ3) is 4.59. The highest BCUT2D eigenvalue weighted by molar-refractivity contribution is 5.93. The third-order valence-corrected chi connectivity index (χ3v) is 5.13. The Labute approximate surface area is 166 Å². The molecule has 2 aromatic rings. The molecule has 150 valence electrons. The van der Waals surface area contributed by atoms with Crippen LogP contribution in [0.2, 0.25) is 0 Å². The number of benzene rings is 1. The number of carbonyl (C=O) groups excluding carboxylic acids is 1. The summed E-state index contributed by atoms with van der Waals surface area (Å²) in [5.74, 6) is 1.49. The number of nitrogens with one attached hydrogen (secondary N) is 1. The standard InChI is InChI=1S/C21H29N5O2/c1-14-12-17(6-7-18(14)28-5)13-19(27)24-20-15(2)22-21(23-16(20)3)26-10-8-25(4)9-11-26/h6-7,12H,8-11,13H2,1-5H3,(H,24,27). The van der Waals surface area contributed by atoms with E-state index in [-0.39, 0.29) is 5.91 Å². The number of carbonyl (C=O) groups is 1. The minimum Gasteiger partial charge on any atom is -0.496 e. The van der Waals surface area contributed by atoms with Gasteiger partial charge in [0.25, 0.3) is 0 Å². The Bertz CT molecular complexity index is 837. The fraction of sp³-hybridized carbons (Fsp3) is 0.476. The van der Waals surface area contributed by atoms with Crippen LogP contribution in [0.5, 0.6) is 5.75 Å². The maximum atomic E-state index is 12.6. The first kappa shape index (κ1) is 20.1. The Morgan fingerprint density at radius 1 is 1.11 bits per heavy atom. The van der Waals surface area contributed by atoms with Gasteiger partial charge in [-0.15, -0.1) is 0 Å². The molecule has 0 unspecified atom stereocenters. The van der Waals surface area contributed by atoms with Gasteiger partial charge in [0.2, 0.25) is 11.9 Å². The molecule has 28 heavy (non-hydrogen) atoms. The Kier molecular flexibility index (Phi) is 6.14. The molecule has 1 N–H and O–H groups in total. The second-order valence-electron chi connectivity index (χ2n) is 7.39. The van der Waals surface area contributed by atoms with Crippen LogP contribution in [0, 0.1) is 20.8 Å². The Morgan fingerprint density at radius 3 is 2.32 bits per heavy atom. The fourth-order valence-corrected chi connectivity index (χ4v) is 3.45. The van der Waals surface area contributed by atoms with Gasteiger partial charge in [-0.2, -0.15) is 0 Å². The molecule has 1 saturated heterocycles. The lowest BCUT2D eigenvalue weighted by Gasteiger charge is -2.32. The van der Waals surface area contributed by atoms with Crippen LogP contribution in [0.3, 0.4) is 0 Å². The summed E-state index contributed by atoms with van der Waals surface area (Å²) < 4.78 is 5.28. The third-order valence-electron chi connectivity index (χ3n) is 5.13. The number of aryl methyl sites for hydroxylation is 3. The zero-order valence-corrected chi connectivity index (χ0v) is 17.4. The number of amides is 1. The van der Waals surface area contributed by atoms with Crippen molar-refractivity contribution in [2.24, 2.45) is 0 Å². The summed E-state index contributed by atoms with van der Waals surface area (Å²) >= 11 is 0. The van der Waals surface area contributed by atoms with Crippen LogP contribution in [-0.2, 0) is 11.2 Å². The molecular weight excluding hydrogens is 354 g/mol. The zero-order valence-electron chi connectivity index (χ0n) is 17.4. The SMILES string of the molecule is COc1ccc(CC(=O)Nc2c(C)nc(N3CCN(C)CC3)nc2C)cc1C. The van der Waals surface area contributed by atoms with Crippen LogP contribution in [-0.4, -0.2) is 61.1 Å². The van der Waals surface area contributed by atoms with Gasteiger partial charge in [0.15, 0.2) is 0 Å². The molecule has 0 aliphatic carbocycles. The van der Waals surface area contributed by atoms with Crippen molar-refractivity contribution in [3.8, 4) is 5.75 Å². The van der Waals surface area contributed by atoms with E-state index in [9.17, 15) is 4.79 Å². The van der Waals surface area contributed by atoms with Crippen LogP contribution in [0.25, 0.3) is 0 Å². The van der Waals surface area contributed by atoms with E-state index < -0.39 is 0 Å². The molecule has 1 aliphatic rings. The van der Waals surface area contributed by atoms with E-state index >= 15 is 0 Å². The van der Waals surface area contributed by atoms with E-state index in [1.54, 1.807) is 7.11 Å². The minimum absolute atomic E-state index is 0.0771. The zero-order chi connectivity index (χ0) is 20.3. The largest absolute Gasteiger partial charge is 0.496 e. The van der Waals surface area contributed by atoms with Crippen LogP contribution >= 0.6 is 0 Å². The second-order valence-corrected chi connectivity index (χ2v) is 7.39. The summed E-state index contributed by atoms with van der Waals surface area (Å²) in [7, 11) is 3.77. The number of nitrogens with zero attached hydrogens (tertiary/aromatic N) is 4. The molecule has 1 amide bonds. The van der Waals surface area contributed by atoms with Gasteiger partial charge in [0.05, 0.1) is 30.6 Å². The predicted octanol–water partition coefficient (Wildman–Crippen LogP) is 2.34. The van der Waals surface area contributed by atoms with Crippen LogP contribution in [0.1, 0.15) is 22.5 Å². The summed E-state index contributed by atoms with van der Waals surface area (Å²) in [6.45, 7) is 9.64. The van der Waals surface area contributed by atoms with Crippen molar-refractivity contribution in [2.75, 3.05) is 50.6 Å². The predicted molar refractivity (Wildman–Crippen MR) is 111 cm³/mol. The lowest BCUT2D eigenvalue weighted by Crippen LogP contribution is -2.45. The van der Waals surface area contributed by atoms with Gasteiger partial charge in [0, 0.05) is 26.2 Å². The molecule has 0 spiro atoms. The van der Waals surface area contributed by atoms with Crippen molar-refractivity contribution in [1.82, 2.24) is 14.9 Å². The quantitative estimate of drug-likeness (QED) is 0.855. The van der Waals surface area contributed by atoms with Gasteiger partial charge in [-0.1, -0.05) is 12.1 Å². The number of hydrogen-bond acceptors (Lipinski definition) is 6. The average Bonchev–Trinajstić information content (AvgIpc) is 2.65. The highest BCUT2D eigenvalue weighted by Crippen LogP contribution is 2.22. The average molecular weight is 383 g/mol. The van der Waals surface area contributed by atoms with E-state index in [1.165, 1.54) is 0 Å². The molecule has 1 fully saturated rings. The molecule has 7 nitrogen and oxygen atoms in total. The van der Waals surface area contributed by atoms with E-state index in [2.05, 4.69) is 32.1 Å². The topological polar surface area (TPSA) is 70.6 Å². The molecule has 1 aromatic carbocycles. The number of hydrogen-bond donors (Lipinski definition) is 1. The van der Waals surface area contributed by atoms with Crippen molar-refractivity contribution in [2.45, 2.75) is 27.2 Å². The summed E-state index contributed by atoms with van der Waals surface area (Å²) in [5.41, 5.74) is 4.25. The van der Waals surface area contributed by atoms with Gasteiger partial charge >= 0.3 is 0 Å². The Balaban J connectivity index is 1.69. The summed E-state index contributed by atoms with van der Waals surface area (Å²) in [6, 6.07) is 5.78. The van der Waals surface area contributed by atoms with Crippen molar-refractivity contribution in [1.29, 1.82) is 0 Å². The number of rotatable bonds is 5. The number of likely N-dealkylation sites (N-methyl/N-ethyl adjacent to an activating group) is 1. The normalized spacial score (nSPS) is 14.8. The van der Waals surface area contributed by atoms with Gasteiger partial charge in [-0.05, 0) is 45.0 Å². The van der Waals surface area contributed by atoms with Crippen molar-refractivity contribution in [3.63, 3.8) is 0 Å². The molecular formula is C21H29N5O2. The number of ether oxygens (including phenoxy) is 1. The van der Waals surface area contributed by atoms with Crippen molar-refractivity contribution in [3.05, 3.63) is 40.7 Å². The molecule has 2 heterocycles. The molecule has 1 aromatic heterocycles. The van der Waals surface area contributed by atoms with Crippen LogP contribution in [0.15, 0.2) is 18.2 Å². The van der Waals surface area contributed by atoms with Crippen LogP contribution in [0.4, 0.5) is 11.6 Å². The van der Waals surface area contributed by atoms with E-state index in [1.807, 2.05) is 39.0 Å². The van der Waals surface area contributed by atoms with E-state index in [4.69, 9.17) is 4.74 Å². The molecule has 0 saturated carbocycles. The summed E-state index contributed by atoms with van der Waals surface area (Å²) in [6.07, 6.45) is 0.296. The smallest absolute Gasteiger partial charge is 0.228 e.